The number of nitrogens with zero attached hydrogens (tertiary/aromatic N) is 1. The van der Waals surface area contributed by atoms with Gasteiger partial charge in [0.05, 0.1) is 22.2 Å². The van der Waals surface area contributed by atoms with Crippen LogP contribution in [0.1, 0.15) is 17.1 Å². The molecule has 0 bridgehead atoms. The molecule has 0 radical (unpaired) electrons. The van der Waals surface area contributed by atoms with Crippen LogP contribution in [0.4, 0.5) is 13.2 Å². The van der Waals surface area contributed by atoms with Crippen LogP contribution in [0, 0.1) is 13.8 Å². The largest absolute Gasteiger partial charge is 0.466 e. The van der Waals surface area contributed by atoms with E-state index in [9.17, 15) is 13.2 Å². The van der Waals surface area contributed by atoms with Crippen LogP contribution >= 0.6 is 0 Å². The molecule has 0 amide bonds. The van der Waals surface area contributed by atoms with E-state index in [1.807, 2.05) is 0 Å². The molecule has 1 N–H and O–H groups in total. The standard InChI is InChI=1S/C14H11F3N2O/c1-7-5-10(8(2)20-7)13-18-11-4-3-9(14(15,16)17)6-12(11)19-13/h3-6H,1-2H3,(H,18,19). The zero-order chi connectivity index (χ0) is 14.5. The molecule has 6 heteroatoms. The summed E-state index contributed by atoms with van der Waals surface area (Å²) in [6.07, 6.45) is -4.36. The summed E-state index contributed by atoms with van der Waals surface area (Å²) in [5.74, 6) is 1.92. The van der Waals surface area contributed by atoms with Gasteiger partial charge in [0.25, 0.3) is 0 Å². The summed E-state index contributed by atoms with van der Waals surface area (Å²) < 4.78 is 43.4. The lowest BCUT2D eigenvalue weighted by Crippen LogP contribution is -2.04. The van der Waals surface area contributed by atoms with E-state index in [0.29, 0.717) is 22.6 Å². The van der Waals surface area contributed by atoms with Crippen LogP contribution in [0.2, 0.25) is 0 Å². The van der Waals surface area contributed by atoms with Crippen LogP contribution in [0.25, 0.3) is 22.4 Å². The van der Waals surface area contributed by atoms with Gasteiger partial charge in [0.2, 0.25) is 0 Å². The number of H-pyrrole nitrogens is 1. The van der Waals surface area contributed by atoms with E-state index in [1.54, 1.807) is 19.9 Å². The molecular formula is C14H11F3N2O. The fraction of sp³-hybridized carbons (Fsp3) is 0.214. The molecule has 3 nitrogen and oxygen atoms in total. The predicted octanol–water partition coefficient (Wildman–Crippen LogP) is 4.46. The minimum Gasteiger partial charge on any atom is -0.466 e. The molecule has 0 spiro atoms. The highest BCUT2D eigenvalue weighted by Gasteiger charge is 2.30. The van der Waals surface area contributed by atoms with Crippen LogP contribution in [-0.4, -0.2) is 9.97 Å². The number of hydrogen-bond acceptors (Lipinski definition) is 2. The molecule has 0 aliphatic rings. The Labute approximate surface area is 112 Å². The van der Waals surface area contributed by atoms with Crippen molar-refractivity contribution in [3.05, 3.63) is 41.3 Å². The van der Waals surface area contributed by atoms with Crippen molar-refractivity contribution in [1.29, 1.82) is 0 Å². The van der Waals surface area contributed by atoms with Crippen molar-refractivity contribution in [2.75, 3.05) is 0 Å². The molecule has 0 atom stereocenters. The summed E-state index contributed by atoms with van der Waals surface area (Å²) in [6.45, 7) is 3.59. The lowest BCUT2D eigenvalue weighted by atomic mass is 10.2. The number of aryl methyl sites for hydroxylation is 2. The Balaban J connectivity index is 2.14. The first-order chi connectivity index (χ1) is 9.34. The second-order valence-corrected chi connectivity index (χ2v) is 4.64. The fourth-order valence-electron chi connectivity index (χ4n) is 2.18. The molecule has 1 aromatic carbocycles. The number of aromatic amines is 1. The molecule has 20 heavy (non-hydrogen) atoms. The number of halogens is 3. The third-order valence-corrected chi connectivity index (χ3v) is 3.11. The molecular weight excluding hydrogens is 269 g/mol. The fourth-order valence-corrected chi connectivity index (χ4v) is 2.18. The number of nitrogens with one attached hydrogen (secondary N) is 1. The third kappa shape index (κ3) is 2.07. The summed E-state index contributed by atoms with van der Waals surface area (Å²) in [7, 11) is 0. The lowest BCUT2D eigenvalue weighted by molar-refractivity contribution is -0.137. The maximum atomic E-state index is 12.7. The lowest BCUT2D eigenvalue weighted by Gasteiger charge is -2.05. The Morgan fingerprint density at radius 3 is 2.50 bits per heavy atom. The molecule has 0 fully saturated rings. The quantitative estimate of drug-likeness (QED) is 0.715. The van der Waals surface area contributed by atoms with Gasteiger partial charge in [0.1, 0.15) is 17.3 Å². The highest BCUT2D eigenvalue weighted by Crippen LogP contribution is 2.32. The number of aromatic nitrogens is 2. The van der Waals surface area contributed by atoms with Crippen LogP contribution < -0.4 is 0 Å². The summed E-state index contributed by atoms with van der Waals surface area (Å²) in [5.41, 5.74) is 0.909. The van der Waals surface area contributed by atoms with Gasteiger partial charge in [0.15, 0.2) is 0 Å². The number of fused-ring (bicyclic) bond motifs is 1. The van der Waals surface area contributed by atoms with E-state index in [-0.39, 0.29) is 0 Å². The summed E-state index contributed by atoms with van der Waals surface area (Å²) in [4.78, 5) is 7.20. The highest BCUT2D eigenvalue weighted by atomic mass is 19.4. The molecule has 104 valence electrons. The van der Waals surface area contributed by atoms with Crippen LogP contribution in [0.5, 0.6) is 0 Å². The van der Waals surface area contributed by atoms with Crippen molar-refractivity contribution in [1.82, 2.24) is 9.97 Å². The van der Waals surface area contributed by atoms with Gasteiger partial charge >= 0.3 is 6.18 Å². The Morgan fingerprint density at radius 1 is 1.15 bits per heavy atom. The zero-order valence-corrected chi connectivity index (χ0v) is 10.8. The molecule has 0 aliphatic carbocycles. The third-order valence-electron chi connectivity index (χ3n) is 3.11. The van der Waals surface area contributed by atoms with Crippen LogP contribution in [0.15, 0.2) is 28.7 Å². The Bertz CT molecular complexity index is 783. The van der Waals surface area contributed by atoms with Crippen LogP contribution in [-0.2, 0) is 6.18 Å². The first-order valence-electron chi connectivity index (χ1n) is 5.99. The number of furan rings is 1. The Hall–Kier alpha value is -2.24. The van der Waals surface area contributed by atoms with Gasteiger partial charge in [-0.2, -0.15) is 13.2 Å². The molecule has 3 rings (SSSR count). The van der Waals surface area contributed by atoms with E-state index in [1.165, 1.54) is 6.07 Å². The Morgan fingerprint density at radius 2 is 1.90 bits per heavy atom. The second-order valence-electron chi connectivity index (χ2n) is 4.64. The molecule has 0 saturated heterocycles. The molecule has 0 aliphatic heterocycles. The summed E-state index contributed by atoms with van der Waals surface area (Å²) >= 11 is 0. The highest BCUT2D eigenvalue weighted by molar-refractivity contribution is 5.80. The number of rotatable bonds is 1. The van der Waals surface area contributed by atoms with Gasteiger partial charge < -0.3 is 9.40 Å². The van der Waals surface area contributed by atoms with E-state index in [0.717, 1.165) is 23.5 Å². The second kappa shape index (κ2) is 4.13. The van der Waals surface area contributed by atoms with Crippen molar-refractivity contribution in [2.45, 2.75) is 20.0 Å². The van der Waals surface area contributed by atoms with Gasteiger partial charge in [-0.15, -0.1) is 0 Å². The minimum absolute atomic E-state index is 0.355. The minimum atomic E-state index is -4.36. The van der Waals surface area contributed by atoms with E-state index >= 15 is 0 Å². The monoisotopic (exact) mass is 280 g/mol. The summed E-state index contributed by atoms with van der Waals surface area (Å²) in [5, 5.41) is 0. The molecule has 0 saturated carbocycles. The topological polar surface area (TPSA) is 41.8 Å². The molecule has 3 aromatic rings. The van der Waals surface area contributed by atoms with E-state index in [2.05, 4.69) is 9.97 Å². The van der Waals surface area contributed by atoms with Gasteiger partial charge in [0, 0.05) is 0 Å². The number of alkyl halides is 3. The average molecular weight is 280 g/mol. The number of imidazole rings is 1. The number of hydrogen-bond donors (Lipinski definition) is 1. The predicted molar refractivity (Wildman–Crippen MR) is 68.3 cm³/mol. The van der Waals surface area contributed by atoms with Crippen molar-refractivity contribution in [3.8, 4) is 11.4 Å². The van der Waals surface area contributed by atoms with Crippen molar-refractivity contribution in [3.63, 3.8) is 0 Å². The van der Waals surface area contributed by atoms with Crippen molar-refractivity contribution >= 4 is 11.0 Å². The van der Waals surface area contributed by atoms with Gasteiger partial charge in [-0.3, -0.25) is 0 Å². The molecule has 0 unspecified atom stereocenters. The van der Waals surface area contributed by atoms with Crippen molar-refractivity contribution in [2.24, 2.45) is 0 Å². The van der Waals surface area contributed by atoms with Gasteiger partial charge in [-0.25, -0.2) is 4.98 Å². The molecule has 2 heterocycles. The van der Waals surface area contributed by atoms with E-state index in [4.69, 9.17) is 4.42 Å². The summed E-state index contributed by atoms with van der Waals surface area (Å²) in [6, 6.07) is 5.26. The zero-order valence-electron chi connectivity index (χ0n) is 10.8. The molecule has 2 aromatic heterocycles. The normalized spacial score (nSPS) is 12.2. The van der Waals surface area contributed by atoms with E-state index < -0.39 is 11.7 Å². The maximum Gasteiger partial charge on any atom is 0.416 e. The first-order valence-corrected chi connectivity index (χ1v) is 5.99. The van der Waals surface area contributed by atoms with Crippen molar-refractivity contribution < 1.29 is 17.6 Å². The first kappa shape index (κ1) is 12.8. The smallest absolute Gasteiger partial charge is 0.416 e. The van der Waals surface area contributed by atoms with Gasteiger partial charge in [-0.05, 0) is 38.1 Å². The van der Waals surface area contributed by atoms with Crippen LogP contribution in [0.3, 0.4) is 0 Å². The average Bonchev–Trinajstić information content (AvgIpc) is 2.89. The SMILES string of the molecule is Cc1cc(-c2nc3ccc(C(F)(F)F)cc3[nH]2)c(C)o1. The Kier molecular flexibility index (Phi) is 2.64. The maximum absolute atomic E-state index is 12.7. The number of benzene rings is 1. The van der Waals surface area contributed by atoms with Gasteiger partial charge in [-0.1, -0.05) is 0 Å².